The van der Waals surface area contributed by atoms with Gasteiger partial charge in [-0.2, -0.15) is 0 Å². The maximum Gasteiger partial charge on any atom is 0.343 e. The first kappa shape index (κ1) is 13.2. The Labute approximate surface area is 98.3 Å². The van der Waals surface area contributed by atoms with Crippen LogP contribution in [0.15, 0.2) is 18.2 Å². The molecule has 0 bridgehead atoms. The summed E-state index contributed by atoms with van der Waals surface area (Å²) in [5.41, 5.74) is 0.570. The highest BCUT2D eigenvalue weighted by Gasteiger charge is 2.08. The average molecular weight is 240 g/mol. The Balaban J connectivity index is 2.69. The molecule has 1 aromatic carbocycles. The fourth-order valence-corrected chi connectivity index (χ4v) is 1.25. The fourth-order valence-electron chi connectivity index (χ4n) is 1.25. The number of carbonyl (C=O) groups excluding carboxylic acids is 2. The van der Waals surface area contributed by atoms with Gasteiger partial charge in [-0.25, -0.2) is 9.18 Å². The van der Waals surface area contributed by atoms with E-state index in [2.05, 4.69) is 4.74 Å². The third kappa shape index (κ3) is 4.22. The Hall–Kier alpha value is -1.91. The molecule has 0 N–H and O–H groups in total. The van der Waals surface area contributed by atoms with Crippen molar-refractivity contribution in [2.75, 3.05) is 13.7 Å². The molecule has 0 radical (unpaired) electrons. The zero-order valence-electron chi connectivity index (χ0n) is 9.66. The maximum atomic E-state index is 13.5. The van der Waals surface area contributed by atoms with Gasteiger partial charge in [-0.15, -0.1) is 0 Å². The lowest BCUT2D eigenvalue weighted by Crippen LogP contribution is -2.13. The number of rotatable bonds is 5. The van der Waals surface area contributed by atoms with Crippen LogP contribution in [0.4, 0.5) is 4.39 Å². The summed E-state index contributed by atoms with van der Waals surface area (Å²) in [4.78, 5) is 21.6. The Kier molecular flexibility index (Phi) is 4.63. The molecule has 0 heterocycles. The van der Waals surface area contributed by atoms with Crippen LogP contribution in [0.2, 0.25) is 0 Å². The van der Waals surface area contributed by atoms with Gasteiger partial charge < -0.3 is 9.47 Å². The van der Waals surface area contributed by atoms with Crippen LogP contribution in [0.5, 0.6) is 5.75 Å². The van der Waals surface area contributed by atoms with Gasteiger partial charge in [0.1, 0.15) is 5.78 Å². The molecule has 5 heteroatoms. The van der Waals surface area contributed by atoms with Crippen LogP contribution in [-0.4, -0.2) is 25.5 Å². The predicted molar refractivity (Wildman–Crippen MR) is 58.3 cm³/mol. The van der Waals surface area contributed by atoms with Crippen molar-refractivity contribution in [3.8, 4) is 5.75 Å². The highest BCUT2D eigenvalue weighted by molar-refractivity contribution is 5.78. The minimum Gasteiger partial charge on any atom is -0.479 e. The van der Waals surface area contributed by atoms with Crippen molar-refractivity contribution >= 4 is 11.8 Å². The lowest BCUT2D eigenvalue weighted by molar-refractivity contribution is -0.143. The zero-order valence-corrected chi connectivity index (χ0v) is 9.66. The number of hydrogen-bond donors (Lipinski definition) is 0. The van der Waals surface area contributed by atoms with Crippen LogP contribution in [-0.2, 0) is 20.7 Å². The molecule has 0 fully saturated rings. The Morgan fingerprint density at radius 3 is 2.59 bits per heavy atom. The summed E-state index contributed by atoms with van der Waals surface area (Å²) in [5, 5.41) is 0. The summed E-state index contributed by atoms with van der Waals surface area (Å²) < 4.78 is 22.7. The van der Waals surface area contributed by atoms with Gasteiger partial charge in [-0.05, 0) is 24.6 Å². The largest absolute Gasteiger partial charge is 0.479 e. The van der Waals surface area contributed by atoms with E-state index in [0.29, 0.717) is 5.56 Å². The van der Waals surface area contributed by atoms with Crippen molar-refractivity contribution in [3.05, 3.63) is 29.6 Å². The van der Waals surface area contributed by atoms with E-state index < -0.39 is 11.8 Å². The van der Waals surface area contributed by atoms with E-state index >= 15 is 0 Å². The van der Waals surface area contributed by atoms with Gasteiger partial charge in [0, 0.05) is 6.42 Å². The molecule has 17 heavy (non-hydrogen) atoms. The van der Waals surface area contributed by atoms with E-state index in [4.69, 9.17) is 4.74 Å². The van der Waals surface area contributed by atoms with Crippen molar-refractivity contribution in [1.29, 1.82) is 0 Å². The van der Waals surface area contributed by atoms with Crippen molar-refractivity contribution in [1.82, 2.24) is 0 Å². The smallest absolute Gasteiger partial charge is 0.343 e. The Morgan fingerprint density at radius 2 is 2.06 bits per heavy atom. The van der Waals surface area contributed by atoms with Crippen molar-refractivity contribution in [3.63, 3.8) is 0 Å². The second-order valence-electron chi connectivity index (χ2n) is 3.51. The fraction of sp³-hybridized carbons (Fsp3) is 0.333. The second-order valence-corrected chi connectivity index (χ2v) is 3.51. The number of halogens is 1. The van der Waals surface area contributed by atoms with Gasteiger partial charge in [-0.3, -0.25) is 4.79 Å². The summed E-state index contributed by atoms with van der Waals surface area (Å²) in [5.74, 6) is -1.28. The third-order valence-electron chi connectivity index (χ3n) is 2.02. The Bertz CT molecular complexity index is 429. The molecule has 1 aromatic rings. The highest BCUT2D eigenvalue weighted by atomic mass is 19.1. The molecule has 0 aromatic heterocycles. The standard InChI is InChI=1S/C12H13FO4/c1-8(14)5-9-3-4-11(10(13)6-9)17-7-12(15)16-2/h3-4,6H,5,7H2,1-2H3. The molecule has 0 saturated heterocycles. The van der Waals surface area contributed by atoms with E-state index in [1.165, 1.54) is 26.2 Å². The molecule has 92 valence electrons. The second kappa shape index (κ2) is 5.98. The molecule has 0 atom stereocenters. The van der Waals surface area contributed by atoms with E-state index in [1.54, 1.807) is 6.07 Å². The monoisotopic (exact) mass is 240 g/mol. The Morgan fingerprint density at radius 1 is 1.35 bits per heavy atom. The number of benzene rings is 1. The number of hydrogen-bond acceptors (Lipinski definition) is 4. The lowest BCUT2D eigenvalue weighted by atomic mass is 10.1. The number of esters is 1. The van der Waals surface area contributed by atoms with Gasteiger partial charge >= 0.3 is 5.97 Å². The summed E-state index contributed by atoms with van der Waals surface area (Å²) in [6, 6.07) is 4.18. The molecule has 0 spiro atoms. The summed E-state index contributed by atoms with van der Waals surface area (Å²) in [7, 11) is 1.22. The van der Waals surface area contributed by atoms with Crippen molar-refractivity contribution < 1.29 is 23.5 Å². The topological polar surface area (TPSA) is 52.6 Å². The normalized spacial score (nSPS) is 9.82. The number of carbonyl (C=O) groups is 2. The molecular formula is C12H13FO4. The van der Waals surface area contributed by atoms with Gasteiger partial charge in [-0.1, -0.05) is 6.07 Å². The number of ether oxygens (including phenoxy) is 2. The predicted octanol–water partition coefficient (Wildman–Crippen LogP) is 1.51. The first-order chi connectivity index (χ1) is 8.02. The molecule has 0 unspecified atom stereocenters. The quantitative estimate of drug-likeness (QED) is 0.732. The van der Waals surface area contributed by atoms with Gasteiger partial charge in [0.05, 0.1) is 7.11 Å². The molecule has 0 aliphatic rings. The summed E-state index contributed by atoms with van der Waals surface area (Å²) in [6.45, 7) is 1.08. The van der Waals surface area contributed by atoms with Crippen LogP contribution in [0.25, 0.3) is 0 Å². The van der Waals surface area contributed by atoms with Crippen LogP contribution in [0.3, 0.4) is 0 Å². The highest BCUT2D eigenvalue weighted by Crippen LogP contribution is 2.18. The van der Waals surface area contributed by atoms with Crippen LogP contribution in [0, 0.1) is 5.82 Å². The van der Waals surface area contributed by atoms with E-state index in [9.17, 15) is 14.0 Å². The minimum atomic E-state index is -0.604. The first-order valence-corrected chi connectivity index (χ1v) is 5.00. The maximum absolute atomic E-state index is 13.5. The molecule has 4 nitrogen and oxygen atoms in total. The van der Waals surface area contributed by atoms with E-state index in [-0.39, 0.29) is 24.6 Å². The van der Waals surface area contributed by atoms with Gasteiger partial charge in [0.2, 0.25) is 0 Å². The van der Waals surface area contributed by atoms with Crippen molar-refractivity contribution in [2.45, 2.75) is 13.3 Å². The lowest BCUT2D eigenvalue weighted by Gasteiger charge is -2.07. The molecule has 0 aliphatic carbocycles. The van der Waals surface area contributed by atoms with Crippen LogP contribution >= 0.6 is 0 Å². The zero-order chi connectivity index (χ0) is 12.8. The van der Waals surface area contributed by atoms with Crippen LogP contribution in [0.1, 0.15) is 12.5 Å². The molecule has 0 saturated carbocycles. The number of ketones is 1. The van der Waals surface area contributed by atoms with Crippen molar-refractivity contribution in [2.24, 2.45) is 0 Å². The number of methoxy groups -OCH3 is 1. The average Bonchev–Trinajstić information content (AvgIpc) is 2.26. The molecule has 1 rings (SSSR count). The molecule has 0 aliphatic heterocycles. The summed E-state index contributed by atoms with van der Waals surface area (Å²) >= 11 is 0. The SMILES string of the molecule is COC(=O)COc1ccc(CC(C)=O)cc1F. The van der Waals surface area contributed by atoms with E-state index in [0.717, 1.165) is 0 Å². The minimum absolute atomic E-state index is 0.0392. The van der Waals surface area contributed by atoms with E-state index in [1.807, 2.05) is 0 Å². The first-order valence-electron chi connectivity index (χ1n) is 5.00. The van der Waals surface area contributed by atoms with Gasteiger partial charge in [0.15, 0.2) is 18.2 Å². The van der Waals surface area contributed by atoms with Gasteiger partial charge in [0.25, 0.3) is 0 Å². The molecular weight excluding hydrogens is 227 g/mol. The molecule has 0 amide bonds. The van der Waals surface area contributed by atoms with Crippen LogP contribution < -0.4 is 4.74 Å². The third-order valence-corrected chi connectivity index (χ3v) is 2.02. The summed E-state index contributed by atoms with van der Waals surface area (Å²) in [6.07, 6.45) is 0.175. The number of Topliss-reactive ketones (excluding diaryl/α,β-unsaturated/α-hetero) is 1.